The largest absolute Gasteiger partial charge is 0.207 e. The minimum Gasteiger partial charge on any atom is -0.207 e. The van der Waals surface area contributed by atoms with Crippen LogP contribution in [-0.2, 0) is 0 Å². The fourth-order valence-electron chi connectivity index (χ4n) is 1.21. The molecule has 0 fully saturated rings. The molecular formula is C12H18ClF. The van der Waals surface area contributed by atoms with Crippen molar-refractivity contribution >= 4 is 11.6 Å². The van der Waals surface area contributed by atoms with Crippen molar-refractivity contribution < 1.29 is 4.39 Å². The Kier molecular flexibility index (Phi) is 5.78. The molecule has 2 heteroatoms. The Bertz CT molecular complexity index is 293. The van der Waals surface area contributed by atoms with Gasteiger partial charge < -0.3 is 0 Å². The van der Waals surface area contributed by atoms with Gasteiger partial charge in [0.15, 0.2) is 0 Å². The van der Waals surface area contributed by atoms with Gasteiger partial charge in [-0.05, 0) is 24.5 Å². The van der Waals surface area contributed by atoms with Gasteiger partial charge in [-0.1, -0.05) is 45.4 Å². The van der Waals surface area contributed by atoms with Crippen molar-refractivity contribution in [2.24, 2.45) is 0 Å². The molecule has 0 spiro atoms. The number of benzene rings is 1. The molecule has 0 saturated heterocycles. The van der Waals surface area contributed by atoms with Crippen LogP contribution in [0.5, 0.6) is 0 Å². The molecule has 0 bridgehead atoms. The molecule has 14 heavy (non-hydrogen) atoms. The molecule has 80 valence electrons. The summed E-state index contributed by atoms with van der Waals surface area (Å²) in [5, 5.41) is 0.560. The highest BCUT2D eigenvalue weighted by Crippen LogP contribution is 2.29. The summed E-state index contributed by atoms with van der Waals surface area (Å²) < 4.78 is 13.2. The lowest BCUT2D eigenvalue weighted by molar-refractivity contribution is 0.598. The minimum atomic E-state index is -0.208. The van der Waals surface area contributed by atoms with E-state index in [-0.39, 0.29) is 11.7 Å². The van der Waals surface area contributed by atoms with Crippen LogP contribution in [0.2, 0.25) is 5.02 Å². The zero-order chi connectivity index (χ0) is 11.3. The van der Waals surface area contributed by atoms with Crippen LogP contribution in [0.3, 0.4) is 0 Å². The van der Waals surface area contributed by atoms with Crippen molar-refractivity contribution in [1.29, 1.82) is 0 Å². The Balaban J connectivity index is 0.000000791. The highest BCUT2D eigenvalue weighted by atomic mass is 35.5. The van der Waals surface area contributed by atoms with Crippen molar-refractivity contribution in [1.82, 2.24) is 0 Å². The van der Waals surface area contributed by atoms with E-state index in [0.717, 1.165) is 5.56 Å². The van der Waals surface area contributed by atoms with Gasteiger partial charge in [-0.3, -0.25) is 0 Å². The molecular weight excluding hydrogens is 199 g/mol. The third kappa shape index (κ3) is 2.98. The van der Waals surface area contributed by atoms with Crippen LogP contribution >= 0.6 is 11.6 Å². The summed E-state index contributed by atoms with van der Waals surface area (Å²) >= 11 is 5.95. The molecule has 1 aromatic carbocycles. The molecule has 1 rings (SSSR count). The SMILES string of the molecule is CC.Cc1ccc(F)c(C(C)C)c1Cl. The van der Waals surface area contributed by atoms with Gasteiger partial charge in [0, 0.05) is 10.6 Å². The van der Waals surface area contributed by atoms with Crippen LogP contribution in [0, 0.1) is 12.7 Å². The summed E-state index contributed by atoms with van der Waals surface area (Å²) in [4.78, 5) is 0. The van der Waals surface area contributed by atoms with Crippen molar-refractivity contribution in [3.05, 3.63) is 34.1 Å². The summed E-state index contributed by atoms with van der Waals surface area (Å²) in [5.41, 5.74) is 1.55. The third-order valence-electron chi connectivity index (χ3n) is 1.90. The van der Waals surface area contributed by atoms with Gasteiger partial charge in [-0.25, -0.2) is 4.39 Å². The van der Waals surface area contributed by atoms with Crippen LogP contribution in [0.4, 0.5) is 4.39 Å². The average Bonchev–Trinajstić information content (AvgIpc) is 2.15. The lowest BCUT2D eigenvalue weighted by atomic mass is 10.0. The quantitative estimate of drug-likeness (QED) is 0.624. The summed E-state index contributed by atoms with van der Waals surface area (Å²) in [6.07, 6.45) is 0. The van der Waals surface area contributed by atoms with Crippen LogP contribution in [0.1, 0.15) is 44.7 Å². The Hall–Kier alpha value is -0.560. The topological polar surface area (TPSA) is 0 Å². The molecule has 0 aromatic heterocycles. The van der Waals surface area contributed by atoms with Gasteiger partial charge in [-0.15, -0.1) is 0 Å². The van der Waals surface area contributed by atoms with Gasteiger partial charge in [0.1, 0.15) is 5.82 Å². The smallest absolute Gasteiger partial charge is 0.128 e. The van der Waals surface area contributed by atoms with Crippen molar-refractivity contribution in [2.75, 3.05) is 0 Å². The Morgan fingerprint density at radius 1 is 1.21 bits per heavy atom. The lowest BCUT2D eigenvalue weighted by Crippen LogP contribution is -1.95. The first-order chi connectivity index (χ1) is 6.54. The highest BCUT2D eigenvalue weighted by Gasteiger charge is 2.12. The summed E-state index contributed by atoms with van der Waals surface area (Å²) in [7, 11) is 0. The molecule has 0 aliphatic rings. The molecule has 0 heterocycles. The number of hydrogen-bond acceptors (Lipinski definition) is 0. The van der Waals surface area contributed by atoms with E-state index in [2.05, 4.69) is 0 Å². The van der Waals surface area contributed by atoms with E-state index in [9.17, 15) is 4.39 Å². The van der Waals surface area contributed by atoms with E-state index in [1.807, 2.05) is 34.6 Å². The van der Waals surface area contributed by atoms with Crippen molar-refractivity contribution in [3.8, 4) is 0 Å². The molecule has 0 aliphatic heterocycles. The number of rotatable bonds is 1. The predicted octanol–water partition coefficient (Wildman–Crippen LogP) is 4.94. The van der Waals surface area contributed by atoms with E-state index in [4.69, 9.17) is 11.6 Å². The fraction of sp³-hybridized carbons (Fsp3) is 0.500. The van der Waals surface area contributed by atoms with Crippen LogP contribution < -0.4 is 0 Å². The first kappa shape index (κ1) is 13.4. The molecule has 0 unspecified atom stereocenters. The van der Waals surface area contributed by atoms with Crippen LogP contribution in [-0.4, -0.2) is 0 Å². The maximum Gasteiger partial charge on any atom is 0.128 e. The number of aryl methyl sites for hydroxylation is 1. The molecule has 0 N–H and O–H groups in total. The molecule has 0 aliphatic carbocycles. The standard InChI is InChI=1S/C10H12ClF.C2H6/c1-6(2)9-8(12)5-4-7(3)10(9)11;1-2/h4-6H,1-3H3;1-2H3. The second-order valence-corrected chi connectivity index (χ2v) is 3.62. The second-order valence-electron chi connectivity index (χ2n) is 3.25. The Labute approximate surface area is 91.1 Å². The van der Waals surface area contributed by atoms with E-state index in [1.165, 1.54) is 6.07 Å². The zero-order valence-electron chi connectivity index (χ0n) is 9.49. The van der Waals surface area contributed by atoms with Gasteiger partial charge in [0.2, 0.25) is 0 Å². The second kappa shape index (κ2) is 6.02. The van der Waals surface area contributed by atoms with Gasteiger partial charge in [0.05, 0.1) is 0 Å². The maximum absolute atomic E-state index is 13.2. The Morgan fingerprint density at radius 3 is 2.07 bits per heavy atom. The molecule has 0 atom stereocenters. The summed E-state index contributed by atoms with van der Waals surface area (Å²) in [6, 6.07) is 3.17. The molecule has 0 nitrogen and oxygen atoms in total. The summed E-state index contributed by atoms with van der Waals surface area (Å²) in [5.74, 6) is -0.0713. The zero-order valence-corrected chi connectivity index (χ0v) is 10.2. The van der Waals surface area contributed by atoms with Crippen molar-refractivity contribution in [2.45, 2.75) is 40.5 Å². The Morgan fingerprint density at radius 2 is 1.71 bits per heavy atom. The normalized spacial score (nSPS) is 9.71. The van der Waals surface area contributed by atoms with Gasteiger partial charge in [0.25, 0.3) is 0 Å². The molecule has 0 radical (unpaired) electrons. The fourth-order valence-corrected chi connectivity index (χ4v) is 1.58. The van der Waals surface area contributed by atoms with E-state index in [0.29, 0.717) is 10.6 Å². The van der Waals surface area contributed by atoms with Crippen molar-refractivity contribution in [3.63, 3.8) is 0 Å². The number of hydrogen-bond donors (Lipinski definition) is 0. The summed E-state index contributed by atoms with van der Waals surface area (Å²) in [6.45, 7) is 9.75. The minimum absolute atomic E-state index is 0.136. The van der Waals surface area contributed by atoms with Gasteiger partial charge in [-0.2, -0.15) is 0 Å². The van der Waals surface area contributed by atoms with Gasteiger partial charge >= 0.3 is 0 Å². The van der Waals surface area contributed by atoms with E-state index < -0.39 is 0 Å². The highest BCUT2D eigenvalue weighted by molar-refractivity contribution is 6.32. The monoisotopic (exact) mass is 216 g/mol. The van der Waals surface area contributed by atoms with Crippen LogP contribution in [0.25, 0.3) is 0 Å². The number of halogens is 2. The first-order valence-electron chi connectivity index (χ1n) is 4.98. The first-order valence-corrected chi connectivity index (χ1v) is 5.36. The molecule has 0 saturated carbocycles. The predicted molar refractivity (Wildman–Crippen MR) is 61.6 cm³/mol. The van der Waals surface area contributed by atoms with E-state index >= 15 is 0 Å². The molecule has 0 amide bonds. The van der Waals surface area contributed by atoms with E-state index in [1.54, 1.807) is 6.07 Å². The van der Waals surface area contributed by atoms with Crippen LogP contribution in [0.15, 0.2) is 12.1 Å². The molecule has 1 aromatic rings. The lowest BCUT2D eigenvalue weighted by Gasteiger charge is -2.10. The maximum atomic E-state index is 13.2. The third-order valence-corrected chi connectivity index (χ3v) is 2.40. The average molecular weight is 217 g/mol.